The molecular weight excluding hydrogens is 220 g/mol. The van der Waals surface area contributed by atoms with Crippen LogP contribution in [0.3, 0.4) is 0 Å². The van der Waals surface area contributed by atoms with Crippen molar-refractivity contribution in [2.75, 3.05) is 7.05 Å². The predicted octanol–water partition coefficient (Wildman–Crippen LogP) is 2.60. The van der Waals surface area contributed by atoms with Gasteiger partial charge in [-0.15, -0.1) is 11.3 Å². The van der Waals surface area contributed by atoms with Gasteiger partial charge in [-0.1, -0.05) is 12.8 Å². The molecule has 0 unspecified atom stereocenters. The maximum absolute atomic E-state index is 12.1. The Balaban J connectivity index is 1.91. The second-order valence-corrected chi connectivity index (χ2v) is 5.60. The van der Waals surface area contributed by atoms with Crippen molar-refractivity contribution in [1.29, 1.82) is 0 Å². The summed E-state index contributed by atoms with van der Waals surface area (Å²) in [5.41, 5.74) is 1.01. The van der Waals surface area contributed by atoms with E-state index in [0.717, 1.165) is 23.5 Å². The Hall–Kier alpha value is -0.900. The van der Waals surface area contributed by atoms with E-state index in [1.165, 1.54) is 12.8 Å². The molecule has 0 bridgehead atoms. The Labute approximate surface area is 100 Å². The summed E-state index contributed by atoms with van der Waals surface area (Å²) >= 11 is 1.64. The van der Waals surface area contributed by atoms with E-state index in [9.17, 15) is 4.79 Å². The van der Waals surface area contributed by atoms with Crippen LogP contribution in [-0.4, -0.2) is 22.8 Å². The fourth-order valence-electron chi connectivity index (χ4n) is 2.29. The highest BCUT2D eigenvalue weighted by Crippen LogP contribution is 2.26. The first kappa shape index (κ1) is 11.6. The van der Waals surface area contributed by atoms with E-state index in [2.05, 4.69) is 4.98 Å². The second-order valence-electron chi connectivity index (χ2n) is 4.53. The fraction of sp³-hybridized carbons (Fsp3) is 0.667. The van der Waals surface area contributed by atoms with Crippen LogP contribution in [0.1, 0.15) is 36.4 Å². The van der Waals surface area contributed by atoms with Gasteiger partial charge in [-0.05, 0) is 19.8 Å². The molecule has 0 saturated heterocycles. The molecule has 3 nitrogen and oxygen atoms in total. The lowest BCUT2D eigenvalue weighted by atomic mass is 10.1. The molecule has 0 aromatic carbocycles. The van der Waals surface area contributed by atoms with E-state index in [1.54, 1.807) is 11.3 Å². The SMILES string of the molecule is Cc1nc(CN(C)C(=O)C2CCCC2)cs1. The molecular formula is C12H18N2OS. The normalized spacial score (nSPS) is 16.6. The van der Waals surface area contributed by atoms with Crippen molar-refractivity contribution in [3.8, 4) is 0 Å². The van der Waals surface area contributed by atoms with Gasteiger partial charge < -0.3 is 4.90 Å². The molecule has 16 heavy (non-hydrogen) atoms. The van der Waals surface area contributed by atoms with Crippen molar-refractivity contribution in [2.24, 2.45) is 5.92 Å². The molecule has 88 valence electrons. The number of carbonyl (C=O) groups excluding carboxylic acids is 1. The summed E-state index contributed by atoms with van der Waals surface area (Å²) < 4.78 is 0. The maximum Gasteiger partial charge on any atom is 0.225 e. The van der Waals surface area contributed by atoms with E-state index in [-0.39, 0.29) is 5.92 Å². The number of hydrogen-bond acceptors (Lipinski definition) is 3. The minimum absolute atomic E-state index is 0.268. The molecule has 1 aliphatic rings. The highest BCUT2D eigenvalue weighted by Gasteiger charge is 2.25. The summed E-state index contributed by atoms with van der Waals surface area (Å²) in [4.78, 5) is 18.3. The van der Waals surface area contributed by atoms with Crippen LogP contribution >= 0.6 is 11.3 Å². The molecule has 0 radical (unpaired) electrons. The van der Waals surface area contributed by atoms with Crippen LogP contribution in [0.4, 0.5) is 0 Å². The molecule has 1 aliphatic carbocycles. The first-order valence-corrected chi connectivity index (χ1v) is 6.71. The van der Waals surface area contributed by atoms with Crippen molar-refractivity contribution in [2.45, 2.75) is 39.2 Å². The van der Waals surface area contributed by atoms with E-state index in [1.807, 2.05) is 24.3 Å². The van der Waals surface area contributed by atoms with E-state index in [4.69, 9.17) is 0 Å². The van der Waals surface area contributed by atoms with Gasteiger partial charge in [0.05, 0.1) is 17.2 Å². The van der Waals surface area contributed by atoms with Crippen LogP contribution in [0.15, 0.2) is 5.38 Å². The zero-order valence-electron chi connectivity index (χ0n) is 9.90. The summed E-state index contributed by atoms with van der Waals surface area (Å²) in [6.45, 7) is 2.65. The topological polar surface area (TPSA) is 33.2 Å². The largest absolute Gasteiger partial charge is 0.340 e. The molecule has 0 atom stereocenters. The summed E-state index contributed by atoms with van der Waals surface area (Å²) in [5.74, 6) is 0.563. The first-order chi connectivity index (χ1) is 7.66. The highest BCUT2D eigenvalue weighted by atomic mass is 32.1. The Bertz CT molecular complexity index is 369. The molecule has 1 amide bonds. The molecule has 0 N–H and O–H groups in total. The lowest BCUT2D eigenvalue weighted by Gasteiger charge is -2.19. The van der Waals surface area contributed by atoms with Crippen LogP contribution in [0.2, 0.25) is 0 Å². The third-order valence-electron chi connectivity index (χ3n) is 3.15. The molecule has 1 aromatic rings. The third kappa shape index (κ3) is 2.61. The van der Waals surface area contributed by atoms with Gasteiger partial charge in [-0.3, -0.25) is 4.79 Å². The van der Waals surface area contributed by atoms with E-state index in [0.29, 0.717) is 12.5 Å². The molecule has 1 fully saturated rings. The smallest absolute Gasteiger partial charge is 0.225 e. The number of nitrogens with zero attached hydrogens (tertiary/aromatic N) is 2. The van der Waals surface area contributed by atoms with Crippen LogP contribution < -0.4 is 0 Å². The number of aryl methyl sites for hydroxylation is 1. The zero-order chi connectivity index (χ0) is 11.5. The van der Waals surface area contributed by atoms with Gasteiger partial charge in [0.25, 0.3) is 0 Å². The van der Waals surface area contributed by atoms with Crippen molar-refractivity contribution in [3.05, 3.63) is 16.1 Å². The summed E-state index contributed by atoms with van der Waals surface area (Å²) in [6, 6.07) is 0. The molecule has 1 aromatic heterocycles. The average Bonchev–Trinajstić information content (AvgIpc) is 2.88. The van der Waals surface area contributed by atoms with Gasteiger partial charge in [0.2, 0.25) is 5.91 Å². The van der Waals surface area contributed by atoms with Crippen molar-refractivity contribution in [3.63, 3.8) is 0 Å². The van der Waals surface area contributed by atoms with Crippen molar-refractivity contribution < 1.29 is 4.79 Å². The summed E-state index contributed by atoms with van der Waals surface area (Å²) in [6.07, 6.45) is 4.55. The van der Waals surface area contributed by atoms with Crippen molar-refractivity contribution >= 4 is 17.2 Å². The standard InChI is InChI=1S/C12H18N2OS/c1-9-13-11(8-16-9)7-14(2)12(15)10-5-3-4-6-10/h8,10H,3-7H2,1-2H3. The van der Waals surface area contributed by atoms with Crippen LogP contribution in [0.5, 0.6) is 0 Å². The van der Waals surface area contributed by atoms with Gasteiger partial charge in [0.15, 0.2) is 0 Å². The lowest BCUT2D eigenvalue weighted by Crippen LogP contribution is -2.31. The second kappa shape index (κ2) is 4.95. The fourth-order valence-corrected chi connectivity index (χ4v) is 2.89. The predicted molar refractivity (Wildman–Crippen MR) is 65.3 cm³/mol. The number of aromatic nitrogens is 1. The van der Waals surface area contributed by atoms with Crippen LogP contribution in [-0.2, 0) is 11.3 Å². The monoisotopic (exact) mass is 238 g/mol. The summed E-state index contributed by atoms with van der Waals surface area (Å²) in [5, 5.41) is 3.10. The third-order valence-corrected chi connectivity index (χ3v) is 3.97. The maximum atomic E-state index is 12.1. The number of thiazole rings is 1. The molecule has 0 aliphatic heterocycles. The molecule has 0 spiro atoms. The zero-order valence-corrected chi connectivity index (χ0v) is 10.7. The molecule has 1 saturated carbocycles. The van der Waals surface area contributed by atoms with Gasteiger partial charge in [-0.25, -0.2) is 4.98 Å². The lowest BCUT2D eigenvalue weighted by molar-refractivity contribution is -0.134. The Kier molecular flexibility index (Phi) is 3.59. The quantitative estimate of drug-likeness (QED) is 0.811. The minimum atomic E-state index is 0.268. The van der Waals surface area contributed by atoms with Crippen LogP contribution in [0.25, 0.3) is 0 Å². The van der Waals surface area contributed by atoms with Gasteiger partial charge in [0, 0.05) is 18.3 Å². The van der Waals surface area contributed by atoms with E-state index < -0.39 is 0 Å². The van der Waals surface area contributed by atoms with Gasteiger partial charge >= 0.3 is 0 Å². The van der Waals surface area contributed by atoms with Crippen LogP contribution in [0, 0.1) is 12.8 Å². The number of hydrogen-bond donors (Lipinski definition) is 0. The number of rotatable bonds is 3. The first-order valence-electron chi connectivity index (χ1n) is 5.83. The number of carbonyl (C=O) groups is 1. The Morgan fingerprint density at radius 3 is 2.81 bits per heavy atom. The molecule has 4 heteroatoms. The molecule has 2 rings (SSSR count). The summed E-state index contributed by atoms with van der Waals surface area (Å²) in [7, 11) is 1.88. The Morgan fingerprint density at radius 2 is 2.25 bits per heavy atom. The molecule has 1 heterocycles. The average molecular weight is 238 g/mol. The Morgan fingerprint density at radius 1 is 1.56 bits per heavy atom. The van der Waals surface area contributed by atoms with Crippen molar-refractivity contribution in [1.82, 2.24) is 9.88 Å². The van der Waals surface area contributed by atoms with Gasteiger partial charge in [-0.2, -0.15) is 0 Å². The van der Waals surface area contributed by atoms with E-state index >= 15 is 0 Å². The highest BCUT2D eigenvalue weighted by molar-refractivity contribution is 7.09. The minimum Gasteiger partial charge on any atom is -0.340 e. The number of amides is 1. The van der Waals surface area contributed by atoms with Gasteiger partial charge in [0.1, 0.15) is 0 Å².